The summed E-state index contributed by atoms with van der Waals surface area (Å²) in [5, 5.41) is 0. The van der Waals surface area contributed by atoms with Gasteiger partial charge in [0.25, 0.3) is 0 Å². The quantitative estimate of drug-likeness (QED) is 0.843. The van der Waals surface area contributed by atoms with E-state index in [0.717, 1.165) is 12.1 Å². The van der Waals surface area contributed by atoms with Crippen LogP contribution in [0.25, 0.3) is 0 Å². The van der Waals surface area contributed by atoms with Gasteiger partial charge in [-0.15, -0.1) is 11.8 Å². The normalized spacial score (nSPS) is 15.8. The van der Waals surface area contributed by atoms with Gasteiger partial charge in [-0.1, -0.05) is 0 Å². The molecule has 1 aliphatic rings. The number of likely N-dealkylation sites (tertiary alicyclic amines) is 1. The Morgan fingerprint density at radius 2 is 1.91 bits per heavy atom. The van der Waals surface area contributed by atoms with Gasteiger partial charge in [0.15, 0.2) is 11.6 Å². The van der Waals surface area contributed by atoms with Gasteiger partial charge in [0.1, 0.15) is 0 Å². The van der Waals surface area contributed by atoms with Gasteiger partial charge in [-0.2, -0.15) is 0 Å². The fourth-order valence-corrected chi connectivity index (χ4v) is 3.26. The highest BCUT2D eigenvalue weighted by Gasteiger charge is 2.25. The molecule has 0 radical (unpaired) electrons. The summed E-state index contributed by atoms with van der Waals surface area (Å²) >= 11 is 1.31. The number of nitrogens with zero attached hydrogens (tertiary/aromatic N) is 1. The number of amides is 2. The Morgan fingerprint density at radius 1 is 1.23 bits per heavy atom. The van der Waals surface area contributed by atoms with Crippen LogP contribution in [-0.4, -0.2) is 35.6 Å². The highest BCUT2D eigenvalue weighted by atomic mass is 32.2. The summed E-state index contributed by atoms with van der Waals surface area (Å²) in [5.41, 5.74) is 5.25. The average Bonchev–Trinajstić information content (AvgIpc) is 2.51. The molecule has 1 fully saturated rings. The smallest absolute Gasteiger partial charge is 0.223 e. The molecule has 0 unspecified atom stereocenters. The van der Waals surface area contributed by atoms with Crippen molar-refractivity contribution < 1.29 is 18.4 Å². The molecule has 7 heteroatoms. The Bertz CT molecular complexity index is 560. The van der Waals surface area contributed by atoms with Crippen LogP contribution < -0.4 is 5.73 Å². The van der Waals surface area contributed by atoms with E-state index in [-0.39, 0.29) is 17.7 Å². The molecule has 0 atom stereocenters. The first-order valence-electron chi connectivity index (χ1n) is 7.12. The molecule has 2 rings (SSSR count). The van der Waals surface area contributed by atoms with Crippen molar-refractivity contribution in [3.63, 3.8) is 0 Å². The Labute approximate surface area is 132 Å². The van der Waals surface area contributed by atoms with Crippen LogP contribution in [0.15, 0.2) is 23.1 Å². The number of carbonyl (C=O) groups excluding carboxylic acids is 2. The molecule has 0 bridgehead atoms. The molecule has 0 aromatic heterocycles. The summed E-state index contributed by atoms with van der Waals surface area (Å²) < 4.78 is 25.9. The van der Waals surface area contributed by atoms with Crippen molar-refractivity contribution >= 4 is 23.6 Å². The molecule has 0 aliphatic carbocycles. The van der Waals surface area contributed by atoms with Crippen molar-refractivity contribution in [1.82, 2.24) is 4.90 Å². The molecule has 2 N–H and O–H groups in total. The second kappa shape index (κ2) is 7.58. The molecule has 1 aromatic carbocycles. The summed E-state index contributed by atoms with van der Waals surface area (Å²) in [6.07, 6.45) is 1.54. The number of nitrogens with two attached hydrogens (primary N) is 1. The fraction of sp³-hybridized carbons (Fsp3) is 0.467. The van der Waals surface area contributed by atoms with Crippen LogP contribution in [0.2, 0.25) is 0 Å². The lowest BCUT2D eigenvalue weighted by atomic mass is 9.96. The lowest BCUT2D eigenvalue weighted by Gasteiger charge is -2.30. The lowest BCUT2D eigenvalue weighted by Crippen LogP contribution is -2.41. The summed E-state index contributed by atoms with van der Waals surface area (Å²) in [5.74, 6) is -1.69. The number of hydrogen-bond acceptors (Lipinski definition) is 3. The number of halogens is 2. The number of rotatable bonds is 5. The maximum atomic E-state index is 13.1. The van der Waals surface area contributed by atoms with Gasteiger partial charge in [-0.05, 0) is 31.0 Å². The number of hydrogen-bond donors (Lipinski definition) is 1. The highest BCUT2D eigenvalue weighted by molar-refractivity contribution is 7.99. The zero-order valence-electron chi connectivity index (χ0n) is 12.1. The lowest BCUT2D eigenvalue weighted by molar-refractivity contribution is -0.134. The van der Waals surface area contributed by atoms with Gasteiger partial charge in [-0.25, -0.2) is 8.78 Å². The standard InChI is InChI=1S/C15H18F2N2O2S/c16-12-2-1-11(9-13(12)17)22-8-5-14(20)19-6-3-10(4-7-19)15(18)21/h1-2,9-10H,3-8H2,(H2,18,21). The Kier molecular flexibility index (Phi) is 5.76. The Balaban J connectivity index is 1.74. The van der Waals surface area contributed by atoms with Crippen molar-refractivity contribution in [2.24, 2.45) is 11.7 Å². The van der Waals surface area contributed by atoms with E-state index in [1.165, 1.54) is 17.8 Å². The fourth-order valence-electron chi connectivity index (χ4n) is 2.39. The van der Waals surface area contributed by atoms with E-state index < -0.39 is 11.6 Å². The molecule has 4 nitrogen and oxygen atoms in total. The molecule has 1 saturated heterocycles. The third kappa shape index (κ3) is 4.43. The molecule has 0 spiro atoms. The zero-order valence-corrected chi connectivity index (χ0v) is 12.9. The average molecular weight is 328 g/mol. The Hall–Kier alpha value is -1.63. The first-order chi connectivity index (χ1) is 10.5. The SMILES string of the molecule is NC(=O)C1CCN(C(=O)CCSc2ccc(F)c(F)c2)CC1. The minimum absolute atomic E-state index is 0.0120. The van der Waals surface area contributed by atoms with Gasteiger partial charge >= 0.3 is 0 Å². The molecule has 22 heavy (non-hydrogen) atoms. The summed E-state index contributed by atoms with van der Waals surface area (Å²) in [4.78, 5) is 25.4. The molecule has 1 aliphatic heterocycles. The van der Waals surface area contributed by atoms with Gasteiger partial charge in [0.05, 0.1) is 0 Å². The topological polar surface area (TPSA) is 63.4 Å². The predicted octanol–water partition coefficient (Wildman–Crippen LogP) is 2.17. The Morgan fingerprint density at radius 3 is 2.50 bits per heavy atom. The van der Waals surface area contributed by atoms with Crippen LogP contribution in [0.5, 0.6) is 0 Å². The van der Waals surface area contributed by atoms with E-state index in [2.05, 4.69) is 0 Å². The number of carbonyl (C=O) groups is 2. The first kappa shape index (κ1) is 16.7. The molecule has 0 saturated carbocycles. The third-order valence-corrected chi connectivity index (χ3v) is 4.72. The number of thioether (sulfide) groups is 1. The van der Waals surface area contributed by atoms with Crippen molar-refractivity contribution in [2.45, 2.75) is 24.2 Å². The molecule has 1 heterocycles. The van der Waals surface area contributed by atoms with E-state index in [1.54, 1.807) is 4.90 Å². The largest absolute Gasteiger partial charge is 0.369 e. The molecular weight excluding hydrogens is 310 g/mol. The highest BCUT2D eigenvalue weighted by Crippen LogP contribution is 2.22. The van der Waals surface area contributed by atoms with Crippen LogP contribution in [-0.2, 0) is 9.59 Å². The van der Waals surface area contributed by atoms with Gasteiger partial charge in [0.2, 0.25) is 11.8 Å². The van der Waals surface area contributed by atoms with Gasteiger partial charge < -0.3 is 10.6 Å². The van der Waals surface area contributed by atoms with E-state index in [9.17, 15) is 18.4 Å². The minimum Gasteiger partial charge on any atom is -0.369 e. The summed E-state index contributed by atoms with van der Waals surface area (Å²) in [6, 6.07) is 3.70. The number of primary amides is 1. The van der Waals surface area contributed by atoms with Crippen LogP contribution in [0.4, 0.5) is 8.78 Å². The summed E-state index contributed by atoms with van der Waals surface area (Å²) in [7, 11) is 0. The van der Waals surface area contributed by atoms with Crippen LogP contribution in [0, 0.1) is 17.6 Å². The van der Waals surface area contributed by atoms with Crippen LogP contribution >= 0.6 is 11.8 Å². The van der Waals surface area contributed by atoms with Gasteiger partial charge in [-0.3, -0.25) is 9.59 Å². The van der Waals surface area contributed by atoms with E-state index in [0.29, 0.717) is 43.0 Å². The molecule has 2 amide bonds. The summed E-state index contributed by atoms with van der Waals surface area (Å²) in [6.45, 7) is 1.09. The molecular formula is C15H18F2N2O2S. The van der Waals surface area contributed by atoms with Crippen LogP contribution in [0.3, 0.4) is 0 Å². The second-order valence-corrected chi connectivity index (χ2v) is 6.40. The van der Waals surface area contributed by atoms with Crippen molar-refractivity contribution in [3.05, 3.63) is 29.8 Å². The minimum atomic E-state index is -0.884. The van der Waals surface area contributed by atoms with Crippen molar-refractivity contribution in [3.8, 4) is 0 Å². The third-order valence-electron chi connectivity index (χ3n) is 3.73. The predicted molar refractivity (Wildman–Crippen MR) is 80.2 cm³/mol. The first-order valence-corrected chi connectivity index (χ1v) is 8.11. The molecule has 120 valence electrons. The van der Waals surface area contributed by atoms with E-state index in [1.807, 2.05) is 0 Å². The maximum absolute atomic E-state index is 13.1. The maximum Gasteiger partial charge on any atom is 0.223 e. The van der Waals surface area contributed by atoms with Crippen molar-refractivity contribution in [2.75, 3.05) is 18.8 Å². The monoisotopic (exact) mass is 328 g/mol. The number of piperidine rings is 1. The number of benzene rings is 1. The van der Waals surface area contributed by atoms with Crippen molar-refractivity contribution in [1.29, 1.82) is 0 Å². The van der Waals surface area contributed by atoms with Gasteiger partial charge in [0, 0.05) is 36.1 Å². The zero-order chi connectivity index (χ0) is 16.1. The van der Waals surface area contributed by atoms with E-state index in [4.69, 9.17) is 5.73 Å². The molecule has 1 aromatic rings. The van der Waals surface area contributed by atoms with E-state index >= 15 is 0 Å². The second-order valence-electron chi connectivity index (χ2n) is 5.23. The van der Waals surface area contributed by atoms with Crippen LogP contribution in [0.1, 0.15) is 19.3 Å².